The zero-order valence-corrected chi connectivity index (χ0v) is 8.77. The number of hydrogen-bond acceptors (Lipinski definition) is 3. The van der Waals surface area contributed by atoms with E-state index in [9.17, 15) is 13.2 Å². The van der Waals surface area contributed by atoms with Crippen LogP contribution in [0.15, 0.2) is 18.2 Å². The first-order valence-corrected chi connectivity index (χ1v) is 4.68. The molecule has 3 N–H and O–H groups in total. The predicted octanol–water partition coefficient (Wildman–Crippen LogP) is 2.08. The van der Waals surface area contributed by atoms with Crippen LogP contribution >= 0.6 is 0 Å². The summed E-state index contributed by atoms with van der Waals surface area (Å²) in [5, 5.41) is 2.62. The lowest BCUT2D eigenvalue weighted by Gasteiger charge is -2.15. The van der Waals surface area contributed by atoms with Gasteiger partial charge in [-0.2, -0.15) is 13.2 Å². The van der Waals surface area contributed by atoms with Crippen LogP contribution in [-0.2, 0) is 6.18 Å². The standard InChI is InChI=1S/C10H13F3N2O/c1-16-7-2-3-9(15-5-4-14)8(6-7)10(11,12)13/h2-3,6,15H,4-5,14H2,1H3. The molecule has 0 saturated heterocycles. The monoisotopic (exact) mass is 234 g/mol. The molecule has 0 aliphatic rings. The van der Waals surface area contributed by atoms with Gasteiger partial charge in [-0.05, 0) is 18.2 Å². The van der Waals surface area contributed by atoms with Crippen LogP contribution in [0.2, 0.25) is 0 Å². The van der Waals surface area contributed by atoms with Crippen LogP contribution in [0.4, 0.5) is 18.9 Å². The molecule has 6 heteroatoms. The number of methoxy groups -OCH3 is 1. The van der Waals surface area contributed by atoms with E-state index in [0.29, 0.717) is 0 Å². The van der Waals surface area contributed by atoms with Gasteiger partial charge in [-0.25, -0.2) is 0 Å². The third-order valence-corrected chi connectivity index (χ3v) is 1.99. The van der Waals surface area contributed by atoms with Gasteiger partial charge in [0.05, 0.1) is 12.7 Å². The van der Waals surface area contributed by atoms with E-state index in [2.05, 4.69) is 5.32 Å². The third-order valence-electron chi connectivity index (χ3n) is 1.99. The van der Waals surface area contributed by atoms with Gasteiger partial charge in [0.15, 0.2) is 0 Å². The first-order chi connectivity index (χ1) is 7.49. The van der Waals surface area contributed by atoms with E-state index in [0.717, 1.165) is 6.07 Å². The number of ether oxygens (including phenoxy) is 1. The molecular formula is C10H13F3N2O. The summed E-state index contributed by atoms with van der Waals surface area (Å²) in [4.78, 5) is 0. The molecule has 0 radical (unpaired) electrons. The Labute approximate surface area is 91.4 Å². The Morgan fingerprint density at radius 3 is 2.56 bits per heavy atom. The van der Waals surface area contributed by atoms with Crippen molar-refractivity contribution in [1.82, 2.24) is 0 Å². The zero-order chi connectivity index (χ0) is 12.2. The number of nitrogens with two attached hydrogens (primary N) is 1. The van der Waals surface area contributed by atoms with Crippen molar-refractivity contribution in [1.29, 1.82) is 0 Å². The van der Waals surface area contributed by atoms with E-state index in [-0.39, 0.29) is 24.5 Å². The Bertz CT molecular complexity index is 352. The molecule has 0 amide bonds. The van der Waals surface area contributed by atoms with Gasteiger partial charge in [0.25, 0.3) is 0 Å². The van der Waals surface area contributed by atoms with Crippen molar-refractivity contribution in [2.45, 2.75) is 6.18 Å². The Morgan fingerprint density at radius 2 is 2.06 bits per heavy atom. The number of halogens is 3. The van der Waals surface area contributed by atoms with E-state index >= 15 is 0 Å². The summed E-state index contributed by atoms with van der Waals surface area (Å²) in [5.74, 6) is 0.172. The highest BCUT2D eigenvalue weighted by atomic mass is 19.4. The van der Waals surface area contributed by atoms with Gasteiger partial charge in [-0.3, -0.25) is 0 Å². The Balaban J connectivity index is 3.06. The van der Waals surface area contributed by atoms with Crippen molar-refractivity contribution in [3.05, 3.63) is 23.8 Å². The molecule has 1 aromatic rings. The lowest BCUT2D eigenvalue weighted by molar-refractivity contribution is -0.137. The van der Waals surface area contributed by atoms with Crippen LogP contribution < -0.4 is 15.8 Å². The summed E-state index contributed by atoms with van der Waals surface area (Å²) in [6.45, 7) is 0.554. The molecule has 0 fully saturated rings. The fourth-order valence-corrected chi connectivity index (χ4v) is 1.25. The van der Waals surface area contributed by atoms with Crippen molar-refractivity contribution < 1.29 is 17.9 Å². The molecule has 16 heavy (non-hydrogen) atoms. The van der Waals surface area contributed by atoms with Crippen molar-refractivity contribution in [2.75, 3.05) is 25.5 Å². The maximum absolute atomic E-state index is 12.7. The highest BCUT2D eigenvalue weighted by molar-refractivity contribution is 5.55. The number of nitrogens with one attached hydrogen (secondary N) is 1. The summed E-state index contributed by atoms with van der Waals surface area (Å²) in [5.41, 5.74) is 4.49. The normalized spacial score (nSPS) is 11.3. The van der Waals surface area contributed by atoms with Gasteiger partial charge < -0.3 is 15.8 Å². The molecule has 0 saturated carbocycles. The first kappa shape index (κ1) is 12.6. The van der Waals surface area contributed by atoms with Gasteiger partial charge in [-0.15, -0.1) is 0 Å². The van der Waals surface area contributed by atoms with Crippen molar-refractivity contribution in [3.8, 4) is 5.75 Å². The number of benzene rings is 1. The largest absolute Gasteiger partial charge is 0.497 e. The van der Waals surface area contributed by atoms with Crippen molar-refractivity contribution >= 4 is 5.69 Å². The second kappa shape index (κ2) is 5.07. The van der Waals surface area contributed by atoms with E-state index in [1.165, 1.54) is 19.2 Å². The van der Waals surface area contributed by atoms with Crippen molar-refractivity contribution in [3.63, 3.8) is 0 Å². The van der Waals surface area contributed by atoms with Crippen molar-refractivity contribution in [2.24, 2.45) is 5.73 Å². The minimum absolute atomic E-state index is 0.0127. The topological polar surface area (TPSA) is 47.3 Å². The highest BCUT2D eigenvalue weighted by Crippen LogP contribution is 2.36. The van der Waals surface area contributed by atoms with Gasteiger partial charge in [0, 0.05) is 18.8 Å². The quantitative estimate of drug-likeness (QED) is 0.838. The van der Waals surface area contributed by atoms with Gasteiger partial charge in [0.2, 0.25) is 0 Å². The molecule has 3 nitrogen and oxygen atoms in total. The average molecular weight is 234 g/mol. The van der Waals surface area contributed by atoms with Gasteiger partial charge >= 0.3 is 6.18 Å². The second-order valence-electron chi connectivity index (χ2n) is 3.12. The maximum Gasteiger partial charge on any atom is 0.418 e. The van der Waals surface area contributed by atoms with E-state index in [4.69, 9.17) is 10.5 Å². The van der Waals surface area contributed by atoms with Crippen LogP contribution in [0.5, 0.6) is 5.75 Å². The summed E-state index contributed by atoms with van der Waals surface area (Å²) in [6.07, 6.45) is -4.41. The zero-order valence-electron chi connectivity index (χ0n) is 8.77. The SMILES string of the molecule is COc1ccc(NCCN)c(C(F)(F)F)c1. The molecule has 1 aromatic carbocycles. The maximum atomic E-state index is 12.7. The first-order valence-electron chi connectivity index (χ1n) is 4.68. The minimum Gasteiger partial charge on any atom is -0.497 e. The van der Waals surface area contributed by atoms with E-state index in [1.54, 1.807) is 0 Å². The van der Waals surface area contributed by atoms with Crippen LogP contribution in [0, 0.1) is 0 Å². The molecule has 0 atom stereocenters. The van der Waals surface area contributed by atoms with Crippen LogP contribution in [0.25, 0.3) is 0 Å². The molecule has 0 bridgehead atoms. The number of anilines is 1. The molecular weight excluding hydrogens is 221 g/mol. The number of hydrogen-bond donors (Lipinski definition) is 2. The van der Waals surface area contributed by atoms with E-state index in [1.807, 2.05) is 0 Å². The molecule has 0 aliphatic carbocycles. The molecule has 90 valence electrons. The fraction of sp³-hybridized carbons (Fsp3) is 0.400. The van der Waals surface area contributed by atoms with Crippen LogP contribution in [-0.4, -0.2) is 20.2 Å². The van der Waals surface area contributed by atoms with Gasteiger partial charge in [0.1, 0.15) is 5.75 Å². The summed E-state index contributed by atoms with van der Waals surface area (Å²) in [7, 11) is 1.32. The Morgan fingerprint density at radius 1 is 1.38 bits per heavy atom. The molecule has 0 heterocycles. The summed E-state index contributed by atoms with van der Waals surface area (Å²) in [6, 6.07) is 3.75. The molecule has 0 unspecified atom stereocenters. The number of alkyl halides is 3. The smallest absolute Gasteiger partial charge is 0.418 e. The third kappa shape index (κ3) is 3.03. The van der Waals surface area contributed by atoms with Gasteiger partial charge in [-0.1, -0.05) is 0 Å². The molecule has 0 spiro atoms. The second-order valence-corrected chi connectivity index (χ2v) is 3.12. The van der Waals surface area contributed by atoms with Crippen LogP contribution in [0.3, 0.4) is 0 Å². The molecule has 1 rings (SSSR count). The summed E-state index contributed by atoms with van der Waals surface area (Å²) < 4.78 is 42.8. The lowest BCUT2D eigenvalue weighted by atomic mass is 10.1. The minimum atomic E-state index is -4.41. The fourth-order valence-electron chi connectivity index (χ4n) is 1.25. The Hall–Kier alpha value is -1.43. The Kier molecular flexibility index (Phi) is 4.00. The average Bonchev–Trinajstić information content (AvgIpc) is 2.25. The predicted molar refractivity (Wildman–Crippen MR) is 55.5 cm³/mol. The van der Waals surface area contributed by atoms with E-state index < -0.39 is 11.7 Å². The van der Waals surface area contributed by atoms with Crippen LogP contribution in [0.1, 0.15) is 5.56 Å². The summed E-state index contributed by atoms with van der Waals surface area (Å²) >= 11 is 0. The number of rotatable bonds is 4. The molecule has 0 aliphatic heterocycles. The lowest BCUT2D eigenvalue weighted by Crippen LogP contribution is -2.16. The highest BCUT2D eigenvalue weighted by Gasteiger charge is 2.33. The molecule has 0 aromatic heterocycles.